The fourth-order valence-electron chi connectivity index (χ4n) is 10.3. The number of ether oxygens (including phenoxy) is 4. The maximum atomic E-state index is 14.6. The van der Waals surface area contributed by atoms with Crippen molar-refractivity contribution in [2.45, 2.75) is 90.4 Å². The molecule has 0 bridgehead atoms. The molecule has 17 heteroatoms. The van der Waals surface area contributed by atoms with Crippen LogP contribution in [0.5, 0.6) is 11.5 Å². The molecule has 5 aromatic carbocycles. The molecule has 76 heavy (non-hydrogen) atoms. The molecule has 0 aliphatic carbocycles. The number of fused-ring (bicyclic) bond motifs is 2. The van der Waals surface area contributed by atoms with Gasteiger partial charge in [0.1, 0.15) is 35.1 Å². The van der Waals surface area contributed by atoms with Gasteiger partial charge in [0.2, 0.25) is 0 Å². The summed E-state index contributed by atoms with van der Waals surface area (Å²) in [4.78, 5) is 32.6. The highest BCUT2D eigenvalue weighted by Crippen LogP contribution is 2.40. The standard InChI is InChI=1S/C59H72BrN7O8S/c1-8-32-59(3,4)75-58(69)65(41-43-19-11-10-12-20-43)33-18-34-67-55-48(49(56(67)57(68)72-9-2)26-17-39-73-53-27-15-22-44-21-13-14-23-47(44)53)24-16-25-50(55)54-51(61-63(7)52(54)40-60)42-74-46-30-28-45(29-31-46)64-35-37-66(38-36-64)76(70,71)62(5)6/h10-16,19-25,27-31H,8-9,17-18,26,32-42H2,1-7H3. The first kappa shape index (κ1) is 55.8. The van der Waals surface area contributed by atoms with Crippen molar-refractivity contribution in [2.24, 2.45) is 7.05 Å². The maximum Gasteiger partial charge on any atom is 0.410 e. The number of nitrogens with zero attached hydrogens (tertiary/aromatic N) is 7. The molecule has 0 atom stereocenters. The van der Waals surface area contributed by atoms with E-state index in [0.29, 0.717) is 94.2 Å². The number of benzene rings is 5. The Morgan fingerprint density at radius 2 is 1.51 bits per heavy atom. The summed E-state index contributed by atoms with van der Waals surface area (Å²) in [6.45, 7) is 11.6. The molecule has 0 N–H and O–H groups in total. The van der Waals surface area contributed by atoms with Crippen LogP contribution in [0.15, 0.2) is 115 Å². The van der Waals surface area contributed by atoms with E-state index in [1.165, 1.54) is 8.61 Å². The minimum Gasteiger partial charge on any atom is -0.493 e. The number of hydrogen-bond donors (Lipinski definition) is 0. The number of aryl methyl sites for hydroxylation is 3. The minimum absolute atomic E-state index is 0.154. The third-order valence-electron chi connectivity index (χ3n) is 14.0. The normalized spacial score (nSPS) is 13.4. The van der Waals surface area contributed by atoms with Gasteiger partial charge in [0.25, 0.3) is 10.2 Å². The first-order valence-corrected chi connectivity index (χ1v) is 28.9. The van der Waals surface area contributed by atoms with Gasteiger partial charge in [-0.15, -0.1) is 0 Å². The molecule has 1 aliphatic heterocycles. The van der Waals surface area contributed by atoms with Crippen molar-refractivity contribution >= 4 is 65.6 Å². The molecule has 15 nitrogen and oxygen atoms in total. The molecular formula is C59H72BrN7O8S. The summed E-state index contributed by atoms with van der Waals surface area (Å²) < 4.78 is 57.3. The lowest BCUT2D eigenvalue weighted by Gasteiger charge is -2.36. The second-order valence-corrected chi connectivity index (χ2v) is 22.7. The van der Waals surface area contributed by atoms with Crippen LogP contribution in [0.25, 0.3) is 32.8 Å². The fourth-order valence-corrected chi connectivity index (χ4v) is 12.0. The number of para-hydroxylation sites is 1. The number of rotatable bonds is 24. The topological polar surface area (TPSA) is 141 Å². The van der Waals surface area contributed by atoms with Crippen molar-refractivity contribution in [1.82, 2.24) is 27.9 Å². The number of carbonyl (C=O) groups is 2. The number of anilines is 1. The summed E-state index contributed by atoms with van der Waals surface area (Å²) in [5.74, 6) is 1.05. The van der Waals surface area contributed by atoms with E-state index in [1.807, 2.05) is 117 Å². The SMILES string of the molecule is CCCC(C)(C)OC(=O)N(CCCn1c(C(=O)OCC)c(CCCOc2cccc3ccccc23)c2cccc(-c3c(COc4ccc(N5CCN(S(=O)(=O)N(C)C)CC5)cc4)nn(C)c3CBr)c21)Cc1ccccc1. The van der Waals surface area contributed by atoms with Crippen LogP contribution in [0.1, 0.15) is 86.4 Å². The lowest BCUT2D eigenvalue weighted by atomic mass is 9.98. The van der Waals surface area contributed by atoms with Crippen LogP contribution in [0.2, 0.25) is 0 Å². The zero-order chi connectivity index (χ0) is 54.0. The van der Waals surface area contributed by atoms with Gasteiger partial charge in [0.05, 0.1) is 24.4 Å². The van der Waals surface area contributed by atoms with Crippen LogP contribution in [-0.4, -0.2) is 114 Å². The van der Waals surface area contributed by atoms with E-state index in [4.69, 9.17) is 24.0 Å². The van der Waals surface area contributed by atoms with E-state index in [1.54, 1.807) is 19.0 Å². The minimum atomic E-state index is -3.48. The van der Waals surface area contributed by atoms with E-state index >= 15 is 0 Å². The third kappa shape index (κ3) is 12.9. The molecule has 0 radical (unpaired) electrons. The molecule has 8 rings (SSSR count). The Hall–Kier alpha value is -6.40. The van der Waals surface area contributed by atoms with Gasteiger partial charge in [-0.25, -0.2) is 9.59 Å². The number of esters is 1. The van der Waals surface area contributed by atoms with Crippen LogP contribution < -0.4 is 14.4 Å². The Balaban J connectivity index is 1.13. The van der Waals surface area contributed by atoms with Crippen molar-refractivity contribution < 1.29 is 37.0 Å². The average molecular weight is 1120 g/mol. The second kappa shape index (κ2) is 25.2. The fraction of sp³-hybridized carbons (Fsp3) is 0.407. The third-order valence-corrected chi connectivity index (χ3v) is 16.4. The highest BCUT2D eigenvalue weighted by molar-refractivity contribution is 9.08. The zero-order valence-electron chi connectivity index (χ0n) is 45.0. The number of alkyl halides is 1. The van der Waals surface area contributed by atoms with Gasteiger partial charge in [0, 0.05) is 99.9 Å². The van der Waals surface area contributed by atoms with Crippen LogP contribution in [0.4, 0.5) is 10.5 Å². The Labute approximate surface area is 456 Å². The van der Waals surface area contributed by atoms with Crippen molar-refractivity contribution in [3.05, 3.63) is 143 Å². The molecular weight excluding hydrogens is 1050 g/mol. The molecule has 2 aromatic heterocycles. The number of aromatic nitrogens is 3. The lowest BCUT2D eigenvalue weighted by Crippen LogP contribution is -2.51. The van der Waals surface area contributed by atoms with Crippen LogP contribution in [0, 0.1) is 0 Å². The summed E-state index contributed by atoms with van der Waals surface area (Å²) in [7, 11) is 1.56. The molecule has 404 valence electrons. The number of hydrogen-bond acceptors (Lipinski definition) is 10. The molecule has 7 aromatic rings. The molecule has 0 spiro atoms. The van der Waals surface area contributed by atoms with E-state index in [2.05, 4.69) is 62.7 Å². The molecule has 3 heterocycles. The number of amides is 1. The second-order valence-electron chi connectivity index (χ2n) is 20.0. The highest BCUT2D eigenvalue weighted by Gasteiger charge is 2.31. The number of carbonyl (C=O) groups excluding carboxylic acids is 2. The van der Waals surface area contributed by atoms with E-state index in [-0.39, 0.29) is 19.3 Å². The Morgan fingerprint density at radius 3 is 2.22 bits per heavy atom. The van der Waals surface area contributed by atoms with E-state index in [9.17, 15) is 18.0 Å². The summed E-state index contributed by atoms with van der Waals surface area (Å²) >= 11 is 3.80. The van der Waals surface area contributed by atoms with Gasteiger partial charge < -0.3 is 33.3 Å². The van der Waals surface area contributed by atoms with Gasteiger partial charge in [-0.1, -0.05) is 114 Å². The van der Waals surface area contributed by atoms with Crippen LogP contribution in [-0.2, 0) is 58.2 Å². The number of halogens is 1. The molecule has 0 unspecified atom stereocenters. The van der Waals surface area contributed by atoms with Gasteiger partial charge >= 0.3 is 12.1 Å². The van der Waals surface area contributed by atoms with Gasteiger partial charge in [-0.2, -0.15) is 22.1 Å². The lowest BCUT2D eigenvalue weighted by molar-refractivity contribution is 0.00628. The Morgan fingerprint density at radius 1 is 0.816 bits per heavy atom. The predicted octanol–water partition coefficient (Wildman–Crippen LogP) is 11.4. The first-order chi connectivity index (χ1) is 36.6. The van der Waals surface area contributed by atoms with Crippen molar-refractivity contribution in [3.8, 4) is 22.6 Å². The van der Waals surface area contributed by atoms with Crippen LogP contribution in [0.3, 0.4) is 0 Å². The largest absolute Gasteiger partial charge is 0.493 e. The Kier molecular flexibility index (Phi) is 18.5. The maximum absolute atomic E-state index is 14.6. The number of piperazine rings is 1. The molecule has 0 saturated carbocycles. The first-order valence-electron chi connectivity index (χ1n) is 26.3. The predicted molar refractivity (Wildman–Crippen MR) is 305 cm³/mol. The van der Waals surface area contributed by atoms with Crippen molar-refractivity contribution in [3.63, 3.8) is 0 Å². The van der Waals surface area contributed by atoms with Gasteiger partial charge in [-0.05, 0) is 93.3 Å². The monoisotopic (exact) mass is 1120 g/mol. The molecule has 1 fully saturated rings. The highest BCUT2D eigenvalue weighted by atomic mass is 79.9. The van der Waals surface area contributed by atoms with E-state index in [0.717, 1.165) is 73.9 Å². The van der Waals surface area contributed by atoms with Crippen molar-refractivity contribution in [1.29, 1.82) is 0 Å². The van der Waals surface area contributed by atoms with Gasteiger partial charge in [-0.3, -0.25) is 4.68 Å². The average Bonchev–Trinajstić information content (AvgIpc) is 3.92. The summed E-state index contributed by atoms with van der Waals surface area (Å²) in [6, 6.07) is 38.2. The van der Waals surface area contributed by atoms with Crippen molar-refractivity contribution in [2.75, 3.05) is 64.9 Å². The molecule has 1 aliphatic rings. The quantitative estimate of drug-likeness (QED) is 0.0326. The van der Waals surface area contributed by atoms with Gasteiger partial charge in [0.15, 0.2) is 0 Å². The van der Waals surface area contributed by atoms with E-state index < -0.39 is 21.8 Å². The summed E-state index contributed by atoms with van der Waals surface area (Å²) in [5.41, 5.74) is 6.93. The summed E-state index contributed by atoms with van der Waals surface area (Å²) in [5, 5.41) is 8.61. The summed E-state index contributed by atoms with van der Waals surface area (Å²) in [6.07, 6.45) is 2.87. The Bertz CT molecular complexity index is 3200. The molecule has 1 amide bonds. The molecule has 1 saturated heterocycles. The smallest absolute Gasteiger partial charge is 0.410 e. The zero-order valence-corrected chi connectivity index (χ0v) is 47.4. The van der Waals surface area contributed by atoms with Crippen LogP contribution >= 0.6 is 15.9 Å².